The highest BCUT2D eigenvalue weighted by Gasteiger charge is 2.26. The Morgan fingerprint density at radius 1 is 0.393 bits per heavy atom. The minimum atomic E-state index is -1.11. The Morgan fingerprint density at radius 3 is 0.500 bits per heavy atom. The second-order valence-electron chi connectivity index (χ2n) is 9.89. The lowest BCUT2D eigenvalue weighted by molar-refractivity contribution is -0.133. The summed E-state index contributed by atoms with van der Waals surface area (Å²) < 4.78 is 0. The van der Waals surface area contributed by atoms with Crippen LogP contribution < -0.4 is 0 Å². The van der Waals surface area contributed by atoms with Crippen LogP contribution in [-0.4, -0.2) is 160 Å². The maximum absolute atomic E-state index is 9.60. The lowest BCUT2D eigenvalue weighted by Crippen LogP contribution is -2.37. The van der Waals surface area contributed by atoms with Crippen molar-refractivity contribution < 1.29 is 105 Å². The van der Waals surface area contributed by atoms with E-state index in [0.717, 1.165) is 24.3 Å². The Labute approximate surface area is 325 Å². The van der Waals surface area contributed by atoms with E-state index in [1.54, 1.807) is 0 Å². The molecule has 0 fully saturated rings. The summed E-state index contributed by atoms with van der Waals surface area (Å²) in [7, 11) is 0. The third-order valence-corrected chi connectivity index (χ3v) is 4.89. The Balaban J connectivity index is -0.0000000641. The summed E-state index contributed by atoms with van der Waals surface area (Å²) in [6.07, 6.45) is 3.93. The van der Waals surface area contributed by atoms with E-state index in [1.165, 1.54) is 20.8 Å². The number of carbonyl (C=O) groups is 7. The van der Waals surface area contributed by atoms with Gasteiger partial charge in [0.2, 0.25) is 0 Å². The van der Waals surface area contributed by atoms with Crippen molar-refractivity contribution in [2.24, 2.45) is 10.8 Å². The number of aliphatic carboxylic acids is 7. The zero-order valence-corrected chi connectivity index (χ0v) is 32.0. The molecular formula is C35H60O21. The standard InChI is InChI=1S/C6H14O3.C5H12O4.3C4H6O2.4C3H4O2/c1-2-6(3-7,4-8)5-9;6-1-5(2-7,3-8)4-9;3*1-3(2)4(5)6;4*1-2-3(4)5/h7-9H,2-5H2,1H3;6-9H,1-4H2;3*1H2,2H3,(H,5,6);4*2H,1H2,(H,4,5). The highest BCUT2D eigenvalue weighted by molar-refractivity contribution is 5.85. The molecule has 0 aromatic carbocycles. The van der Waals surface area contributed by atoms with E-state index in [0.29, 0.717) is 6.42 Å². The predicted octanol–water partition coefficient (Wildman–Crippen LogP) is 0.271. The molecule has 0 radical (unpaired) electrons. The average Bonchev–Trinajstić information content (AvgIpc) is 3.15. The minimum absolute atomic E-state index is 0.156. The van der Waals surface area contributed by atoms with Crippen molar-refractivity contribution in [1.29, 1.82) is 0 Å². The molecular weight excluding hydrogens is 756 g/mol. The average molecular weight is 817 g/mol. The number of carboxylic acids is 7. The Kier molecular flexibility index (Phi) is 62.9. The molecule has 21 nitrogen and oxygen atoms in total. The molecule has 14 N–H and O–H groups in total. The van der Waals surface area contributed by atoms with E-state index in [4.69, 9.17) is 71.5 Å². The molecule has 0 saturated carbocycles. The Hall–Kier alpha value is -5.81. The molecule has 0 unspecified atom stereocenters. The molecule has 0 atom stereocenters. The SMILES string of the molecule is C=C(C)C(=O)O.C=C(C)C(=O)O.C=C(C)C(=O)O.C=CC(=O)O.C=CC(=O)O.C=CC(=O)O.C=CC(=O)O.CCC(CO)(CO)CO.OCC(CO)(CO)CO. The minimum Gasteiger partial charge on any atom is -0.478 e. The highest BCUT2D eigenvalue weighted by atomic mass is 16.4. The number of hydrogen-bond donors (Lipinski definition) is 14. The summed E-state index contributed by atoms with van der Waals surface area (Å²) >= 11 is 0. The Bertz CT molecular complexity index is 974. The van der Waals surface area contributed by atoms with E-state index < -0.39 is 79.0 Å². The fourth-order valence-corrected chi connectivity index (χ4v) is 0.785. The summed E-state index contributed by atoms with van der Waals surface area (Å²) in [5.41, 5.74) is -1.25. The second kappa shape index (κ2) is 49.2. The number of rotatable bonds is 15. The van der Waals surface area contributed by atoms with Gasteiger partial charge in [0.05, 0.1) is 51.7 Å². The van der Waals surface area contributed by atoms with Crippen molar-refractivity contribution in [3.63, 3.8) is 0 Å². The molecule has 21 heteroatoms. The molecule has 0 aliphatic heterocycles. The van der Waals surface area contributed by atoms with Crippen LogP contribution in [0.25, 0.3) is 0 Å². The van der Waals surface area contributed by atoms with Gasteiger partial charge in [-0.2, -0.15) is 0 Å². The van der Waals surface area contributed by atoms with E-state index in [9.17, 15) is 33.6 Å². The molecule has 0 amide bonds. The molecule has 0 aromatic rings. The molecule has 0 spiro atoms. The molecule has 0 heterocycles. The predicted molar refractivity (Wildman–Crippen MR) is 203 cm³/mol. The summed E-state index contributed by atoms with van der Waals surface area (Å²) in [6, 6.07) is 0. The van der Waals surface area contributed by atoms with Gasteiger partial charge < -0.3 is 71.5 Å². The van der Waals surface area contributed by atoms with Gasteiger partial charge >= 0.3 is 41.8 Å². The van der Waals surface area contributed by atoms with Gasteiger partial charge in [-0.15, -0.1) is 0 Å². The first kappa shape index (κ1) is 71.6. The normalized spacial score (nSPS) is 8.55. The van der Waals surface area contributed by atoms with Crippen LogP contribution >= 0.6 is 0 Å². The van der Waals surface area contributed by atoms with Crippen LogP contribution in [0.4, 0.5) is 0 Å². The third kappa shape index (κ3) is 73.6. The molecule has 0 bridgehead atoms. The first-order valence-electron chi connectivity index (χ1n) is 14.8. The van der Waals surface area contributed by atoms with Crippen molar-refractivity contribution in [3.05, 3.63) is 87.1 Å². The van der Waals surface area contributed by atoms with E-state index >= 15 is 0 Å². The number of aliphatic hydroxyl groups excluding tert-OH is 7. The number of carboxylic acid groups (broad SMARTS) is 7. The largest absolute Gasteiger partial charge is 0.478 e. The Morgan fingerprint density at radius 2 is 0.500 bits per heavy atom. The topological polar surface area (TPSA) is 403 Å². The quantitative estimate of drug-likeness (QED) is 0.0986. The van der Waals surface area contributed by atoms with Gasteiger partial charge in [-0.05, 0) is 27.2 Å². The van der Waals surface area contributed by atoms with Gasteiger partial charge in [0, 0.05) is 46.4 Å². The zero-order chi connectivity index (χ0) is 47.3. The summed E-state index contributed by atoms with van der Waals surface area (Å²) in [4.78, 5) is 65.8. The van der Waals surface area contributed by atoms with Crippen LogP contribution in [0.3, 0.4) is 0 Å². The maximum atomic E-state index is 9.60. The third-order valence-electron chi connectivity index (χ3n) is 4.89. The molecule has 0 saturated heterocycles. The monoisotopic (exact) mass is 816 g/mol. The van der Waals surface area contributed by atoms with Gasteiger partial charge in [-0.3, -0.25) is 0 Å². The molecule has 0 rings (SSSR count). The molecule has 0 aromatic heterocycles. The fraction of sp³-hybridized carbons (Fsp3) is 0.400. The maximum Gasteiger partial charge on any atom is 0.330 e. The lowest BCUT2D eigenvalue weighted by Gasteiger charge is -2.24. The zero-order valence-electron chi connectivity index (χ0n) is 32.0. The summed E-state index contributed by atoms with van der Waals surface area (Å²) in [6.45, 7) is 25.4. The number of hydrogen-bond acceptors (Lipinski definition) is 14. The smallest absolute Gasteiger partial charge is 0.330 e. The van der Waals surface area contributed by atoms with Gasteiger partial charge in [0.25, 0.3) is 0 Å². The summed E-state index contributed by atoms with van der Waals surface area (Å²) in [5, 5.41) is 114. The van der Waals surface area contributed by atoms with Crippen LogP contribution in [0, 0.1) is 10.8 Å². The van der Waals surface area contributed by atoms with Crippen LogP contribution in [0.15, 0.2) is 87.1 Å². The first-order chi connectivity index (χ1) is 25.5. The van der Waals surface area contributed by atoms with Crippen LogP contribution in [0.5, 0.6) is 0 Å². The van der Waals surface area contributed by atoms with Crippen molar-refractivity contribution in [3.8, 4) is 0 Å². The summed E-state index contributed by atoms with van der Waals surface area (Å²) in [5.74, 6) is -6.73. The lowest BCUT2D eigenvalue weighted by atomic mass is 9.88. The highest BCUT2D eigenvalue weighted by Crippen LogP contribution is 2.18. The van der Waals surface area contributed by atoms with E-state index in [-0.39, 0.29) is 36.5 Å². The van der Waals surface area contributed by atoms with Crippen LogP contribution in [0.2, 0.25) is 0 Å². The van der Waals surface area contributed by atoms with Crippen molar-refractivity contribution in [1.82, 2.24) is 0 Å². The molecule has 0 aliphatic carbocycles. The van der Waals surface area contributed by atoms with Crippen molar-refractivity contribution >= 4 is 41.8 Å². The second-order valence-corrected chi connectivity index (χ2v) is 9.89. The van der Waals surface area contributed by atoms with Crippen molar-refractivity contribution in [2.45, 2.75) is 34.1 Å². The molecule has 326 valence electrons. The van der Waals surface area contributed by atoms with E-state index in [2.05, 4.69) is 46.1 Å². The van der Waals surface area contributed by atoms with Gasteiger partial charge in [0.15, 0.2) is 0 Å². The van der Waals surface area contributed by atoms with Crippen LogP contribution in [0.1, 0.15) is 34.1 Å². The number of aliphatic hydroxyl groups is 7. The van der Waals surface area contributed by atoms with Gasteiger partial charge in [-0.25, -0.2) is 33.6 Å². The first-order valence-corrected chi connectivity index (χ1v) is 14.8. The van der Waals surface area contributed by atoms with Gasteiger partial charge in [-0.1, -0.05) is 53.0 Å². The van der Waals surface area contributed by atoms with Crippen LogP contribution in [-0.2, 0) is 33.6 Å². The molecule has 56 heavy (non-hydrogen) atoms. The van der Waals surface area contributed by atoms with Gasteiger partial charge in [0.1, 0.15) is 0 Å². The van der Waals surface area contributed by atoms with E-state index in [1.807, 2.05) is 6.92 Å². The fourth-order valence-electron chi connectivity index (χ4n) is 0.785. The molecule has 0 aliphatic rings. The van der Waals surface area contributed by atoms with Crippen molar-refractivity contribution in [2.75, 3.05) is 46.2 Å².